The molecule has 0 aliphatic rings. The van der Waals surface area contributed by atoms with Crippen LogP contribution in [0, 0.1) is 0 Å². The average Bonchev–Trinajstić information content (AvgIpc) is 2.34. The van der Waals surface area contributed by atoms with Crippen molar-refractivity contribution < 1.29 is 35.3 Å². The number of benzene rings is 1. The Labute approximate surface area is 117 Å². The Morgan fingerprint density at radius 2 is 1.95 bits per heavy atom. The van der Waals surface area contributed by atoms with E-state index in [0.717, 1.165) is 25.3 Å². The minimum Gasteiger partial charge on any atom is -0.465 e. The lowest BCUT2D eigenvalue weighted by Gasteiger charge is -2.10. The minimum atomic E-state index is -4.80. The second-order valence-electron chi connectivity index (χ2n) is 3.47. The fraction of sp³-hybridized carbons (Fsp3) is 0.300. The van der Waals surface area contributed by atoms with E-state index in [4.69, 9.17) is 11.6 Å². The molecular weight excluding hydrogens is 325 g/mol. The Morgan fingerprint density at radius 3 is 2.40 bits per heavy atom. The molecule has 0 unspecified atom stereocenters. The van der Waals surface area contributed by atoms with Crippen molar-refractivity contribution in [3.05, 3.63) is 28.8 Å². The number of rotatable bonds is 4. The van der Waals surface area contributed by atoms with E-state index in [1.807, 2.05) is 0 Å². The topological polar surface area (TPSA) is 69.7 Å². The third-order valence-electron chi connectivity index (χ3n) is 2.00. The quantitative estimate of drug-likeness (QED) is 0.625. The number of carbonyl (C=O) groups is 1. The van der Waals surface area contributed by atoms with Crippen LogP contribution in [0.1, 0.15) is 10.4 Å². The molecule has 0 saturated carbocycles. The van der Waals surface area contributed by atoms with E-state index >= 15 is 0 Å². The summed E-state index contributed by atoms with van der Waals surface area (Å²) in [6, 6.07) is 2.86. The smallest absolute Gasteiger partial charge is 0.413 e. The molecule has 5 nitrogen and oxygen atoms in total. The Kier molecular flexibility index (Phi) is 5.00. The van der Waals surface area contributed by atoms with Crippen LogP contribution < -0.4 is 0 Å². The first-order valence-electron chi connectivity index (χ1n) is 4.91. The van der Waals surface area contributed by atoms with Crippen LogP contribution in [-0.4, -0.2) is 34.3 Å². The SMILES string of the molecule is COC(=O)c1ccc(S(=O)(=O)OCC(F)(F)F)c(Cl)c1. The second kappa shape index (κ2) is 5.98. The van der Waals surface area contributed by atoms with Crippen LogP contribution in [0.2, 0.25) is 5.02 Å². The zero-order valence-electron chi connectivity index (χ0n) is 9.90. The maximum Gasteiger partial charge on any atom is 0.413 e. The van der Waals surface area contributed by atoms with Gasteiger partial charge in [0.1, 0.15) is 4.90 Å². The van der Waals surface area contributed by atoms with E-state index in [1.165, 1.54) is 0 Å². The third kappa shape index (κ3) is 4.36. The molecule has 0 aliphatic carbocycles. The molecule has 0 saturated heterocycles. The summed E-state index contributed by atoms with van der Waals surface area (Å²) in [6.07, 6.45) is -4.80. The molecule has 0 N–H and O–H groups in total. The molecule has 0 heterocycles. The van der Waals surface area contributed by atoms with E-state index in [2.05, 4.69) is 8.92 Å². The molecule has 10 heteroatoms. The van der Waals surface area contributed by atoms with Crippen molar-refractivity contribution in [2.75, 3.05) is 13.7 Å². The van der Waals surface area contributed by atoms with E-state index in [1.54, 1.807) is 0 Å². The number of esters is 1. The van der Waals surface area contributed by atoms with E-state index in [0.29, 0.717) is 0 Å². The molecule has 0 fully saturated rings. The fourth-order valence-electron chi connectivity index (χ4n) is 1.16. The molecule has 0 aromatic heterocycles. The Balaban J connectivity index is 3.05. The van der Waals surface area contributed by atoms with Gasteiger partial charge in [0, 0.05) is 0 Å². The summed E-state index contributed by atoms with van der Waals surface area (Å²) in [5.74, 6) is -0.771. The summed E-state index contributed by atoms with van der Waals surface area (Å²) in [4.78, 5) is 10.5. The van der Waals surface area contributed by atoms with Crippen LogP contribution in [0.5, 0.6) is 0 Å². The standard InChI is InChI=1S/C10H8ClF3O5S/c1-18-9(15)6-2-3-8(7(11)4-6)20(16,17)19-5-10(12,13)14/h2-4H,5H2,1H3. The Morgan fingerprint density at radius 1 is 1.35 bits per heavy atom. The largest absolute Gasteiger partial charge is 0.465 e. The highest BCUT2D eigenvalue weighted by atomic mass is 35.5. The monoisotopic (exact) mass is 332 g/mol. The van der Waals surface area contributed by atoms with Crippen LogP contribution in [0.3, 0.4) is 0 Å². The number of hydrogen-bond donors (Lipinski definition) is 0. The van der Waals surface area contributed by atoms with Gasteiger partial charge in [-0.15, -0.1) is 0 Å². The lowest BCUT2D eigenvalue weighted by atomic mass is 10.2. The van der Waals surface area contributed by atoms with Crippen molar-refractivity contribution in [3.63, 3.8) is 0 Å². The molecule has 0 atom stereocenters. The lowest BCUT2D eigenvalue weighted by molar-refractivity contribution is -0.152. The van der Waals surface area contributed by atoms with Crippen LogP contribution in [0.4, 0.5) is 13.2 Å². The number of halogens is 4. The van der Waals surface area contributed by atoms with Crippen molar-refractivity contribution in [2.24, 2.45) is 0 Å². The molecule has 0 amide bonds. The maximum atomic E-state index is 11.9. The first-order valence-corrected chi connectivity index (χ1v) is 6.69. The molecule has 0 radical (unpaired) electrons. The maximum absolute atomic E-state index is 11.9. The predicted molar refractivity (Wildman–Crippen MR) is 62.0 cm³/mol. The second-order valence-corrected chi connectivity index (χ2v) is 5.46. The molecule has 112 valence electrons. The van der Waals surface area contributed by atoms with Crippen molar-refractivity contribution in [1.29, 1.82) is 0 Å². The molecule has 0 aliphatic heterocycles. The highest BCUT2D eigenvalue weighted by molar-refractivity contribution is 7.86. The van der Waals surface area contributed by atoms with Crippen molar-refractivity contribution >= 4 is 27.7 Å². The zero-order chi connectivity index (χ0) is 15.6. The molecule has 20 heavy (non-hydrogen) atoms. The van der Waals surface area contributed by atoms with Gasteiger partial charge in [-0.3, -0.25) is 4.18 Å². The molecule has 1 rings (SSSR count). The van der Waals surface area contributed by atoms with Gasteiger partial charge in [0.15, 0.2) is 6.61 Å². The molecule has 0 spiro atoms. The number of methoxy groups -OCH3 is 1. The first kappa shape index (κ1) is 16.7. The van der Waals surface area contributed by atoms with Gasteiger partial charge in [0.2, 0.25) is 0 Å². The minimum absolute atomic E-state index is 0.0488. The summed E-state index contributed by atoms with van der Waals surface area (Å²) < 4.78 is 67.1. The normalized spacial score (nSPS) is 12.2. The number of alkyl halides is 3. The van der Waals surface area contributed by atoms with Crippen molar-refractivity contribution in [3.8, 4) is 0 Å². The number of ether oxygens (including phenoxy) is 1. The Bertz CT molecular complexity index is 612. The number of carbonyl (C=O) groups excluding carboxylic acids is 1. The zero-order valence-corrected chi connectivity index (χ0v) is 11.5. The fourth-order valence-corrected chi connectivity index (χ4v) is 2.57. The summed E-state index contributed by atoms with van der Waals surface area (Å²) >= 11 is 5.62. The molecule has 1 aromatic carbocycles. The van der Waals surface area contributed by atoms with Crippen LogP contribution in [0.15, 0.2) is 23.1 Å². The molecule has 1 aromatic rings. The van der Waals surface area contributed by atoms with Crippen molar-refractivity contribution in [2.45, 2.75) is 11.1 Å². The van der Waals surface area contributed by atoms with Gasteiger partial charge in [-0.1, -0.05) is 11.6 Å². The average molecular weight is 333 g/mol. The van der Waals surface area contributed by atoms with Crippen LogP contribution >= 0.6 is 11.6 Å². The van der Waals surface area contributed by atoms with Gasteiger partial charge < -0.3 is 4.74 Å². The summed E-state index contributed by atoms with van der Waals surface area (Å²) in [7, 11) is -3.57. The lowest BCUT2D eigenvalue weighted by Crippen LogP contribution is -2.20. The van der Waals surface area contributed by atoms with E-state index < -0.39 is 38.8 Å². The number of hydrogen-bond acceptors (Lipinski definition) is 5. The Hall–Kier alpha value is -1.32. The highest BCUT2D eigenvalue weighted by Crippen LogP contribution is 2.26. The van der Waals surface area contributed by atoms with Crippen molar-refractivity contribution in [1.82, 2.24) is 0 Å². The molecule has 0 bridgehead atoms. The molecular formula is C10H8ClF3O5S. The van der Waals surface area contributed by atoms with Gasteiger partial charge in [0.05, 0.1) is 17.7 Å². The summed E-state index contributed by atoms with van der Waals surface area (Å²) in [5, 5.41) is -0.449. The van der Waals surface area contributed by atoms with Gasteiger partial charge in [0.25, 0.3) is 10.1 Å². The van der Waals surface area contributed by atoms with Gasteiger partial charge >= 0.3 is 12.1 Å². The van der Waals surface area contributed by atoms with Gasteiger partial charge in [-0.05, 0) is 18.2 Å². The van der Waals surface area contributed by atoms with E-state index in [-0.39, 0.29) is 5.56 Å². The first-order chi connectivity index (χ1) is 9.07. The van der Waals surface area contributed by atoms with Gasteiger partial charge in [-0.25, -0.2) is 4.79 Å². The van der Waals surface area contributed by atoms with Gasteiger partial charge in [-0.2, -0.15) is 21.6 Å². The summed E-state index contributed by atoms with van der Waals surface area (Å²) in [5.41, 5.74) is -0.0488. The van der Waals surface area contributed by atoms with E-state index in [9.17, 15) is 26.4 Å². The van der Waals surface area contributed by atoms with Crippen LogP contribution in [-0.2, 0) is 19.0 Å². The summed E-state index contributed by atoms with van der Waals surface area (Å²) in [6.45, 7) is -1.97. The third-order valence-corrected chi connectivity index (χ3v) is 3.75. The van der Waals surface area contributed by atoms with Crippen LogP contribution in [0.25, 0.3) is 0 Å². The highest BCUT2D eigenvalue weighted by Gasteiger charge is 2.32. The predicted octanol–water partition coefficient (Wildman–Crippen LogP) is 2.39.